The summed E-state index contributed by atoms with van der Waals surface area (Å²) in [7, 11) is -0.588. The zero-order valence-corrected chi connectivity index (χ0v) is 18.9. The van der Waals surface area contributed by atoms with Crippen LogP contribution in [0.2, 0.25) is 0 Å². The van der Waals surface area contributed by atoms with Crippen LogP contribution in [-0.4, -0.2) is 4.57 Å². The molecule has 0 fully saturated rings. The van der Waals surface area contributed by atoms with E-state index in [1.54, 1.807) is 10.7 Å². The Kier molecular flexibility index (Phi) is 4.07. The maximum absolute atomic E-state index is 2.62. The van der Waals surface area contributed by atoms with Crippen LogP contribution in [0.15, 0.2) is 97.1 Å². The van der Waals surface area contributed by atoms with Crippen molar-refractivity contribution in [3.63, 3.8) is 0 Å². The number of rotatable bonds is 2. The van der Waals surface area contributed by atoms with Crippen molar-refractivity contribution < 1.29 is 0 Å². The highest BCUT2D eigenvalue weighted by Gasteiger charge is 2.25. The van der Waals surface area contributed by atoms with Gasteiger partial charge >= 0.3 is 0 Å². The lowest BCUT2D eigenvalue weighted by Gasteiger charge is -2.16. The normalized spacial score (nSPS) is 14.3. The maximum atomic E-state index is 2.62. The van der Waals surface area contributed by atoms with Crippen LogP contribution in [0.1, 0.15) is 24.1 Å². The lowest BCUT2D eigenvalue weighted by molar-refractivity contribution is 0.667. The van der Waals surface area contributed by atoms with Crippen molar-refractivity contribution >= 4 is 39.4 Å². The van der Waals surface area contributed by atoms with E-state index in [1.165, 1.54) is 69.2 Å². The minimum atomic E-state index is -0.588. The van der Waals surface area contributed by atoms with Gasteiger partial charge in [0.05, 0.1) is 5.52 Å². The average Bonchev–Trinajstić information content (AvgIpc) is 3.38. The predicted molar refractivity (Wildman–Crippen MR) is 139 cm³/mol. The number of hydrogen-bond acceptors (Lipinski definition) is 0. The molecular weight excluding hydrogens is 405 g/mol. The van der Waals surface area contributed by atoms with E-state index in [0.29, 0.717) is 0 Å². The highest BCUT2D eigenvalue weighted by Crippen LogP contribution is 2.58. The van der Waals surface area contributed by atoms with Crippen molar-refractivity contribution in [2.75, 3.05) is 0 Å². The summed E-state index contributed by atoms with van der Waals surface area (Å²) in [4.78, 5) is 0. The highest BCUT2D eigenvalue weighted by molar-refractivity contribution is 7.68. The topological polar surface area (TPSA) is 4.93 Å². The first-order chi connectivity index (χ1) is 15.9. The third-order valence-electron chi connectivity index (χ3n) is 7.10. The van der Waals surface area contributed by atoms with E-state index < -0.39 is 7.53 Å². The van der Waals surface area contributed by atoms with Gasteiger partial charge in [-0.2, -0.15) is 0 Å². The van der Waals surface area contributed by atoms with Crippen LogP contribution >= 0.6 is 7.53 Å². The smallest absolute Gasteiger partial charge is 0.0656 e. The highest BCUT2D eigenvalue weighted by atomic mass is 31.1. The van der Waals surface area contributed by atoms with Crippen LogP contribution in [0, 0.1) is 0 Å². The van der Waals surface area contributed by atoms with E-state index in [4.69, 9.17) is 0 Å². The zero-order chi connectivity index (χ0) is 21.1. The van der Waals surface area contributed by atoms with Crippen LogP contribution < -0.4 is 0 Å². The Bertz CT molecular complexity index is 1600. The van der Waals surface area contributed by atoms with E-state index in [0.717, 1.165) is 0 Å². The molecule has 154 valence electrons. The van der Waals surface area contributed by atoms with Crippen LogP contribution in [0.3, 0.4) is 0 Å². The van der Waals surface area contributed by atoms with Crippen molar-refractivity contribution in [1.29, 1.82) is 0 Å². The first kappa shape index (κ1) is 18.3. The number of aryl methyl sites for hydroxylation is 1. The minimum absolute atomic E-state index is 0.588. The Balaban J connectivity index is 1.75. The summed E-state index contributed by atoms with van der Waals surface area (Å²) in [5.74, 6) is 0. The summed E-state index contributed by atoms with van der Waals surface area (Å²) in [6.45, 7) is 0. The SMILES string of the molecule is c1ccc(-n2c3c(c4ccc5c6ccccc6p(-c6ccccc6)c5c42)CCCC3)cc1. The van der Waals surface area contributed by atoms with Gasteiger partial charge in [-0.3, -0.25) is 0 Å². The summed E-state index contributed by atoms with van der Waals surface area (Å²) in [6.07, 6.45) is 4.95. The fourth-order valence-corrected chi connectivity index (χ4v) is 8.57. The molecule has 1 nitrogen and oxygen atoms in total. The first-order valence-corrected chi connectivity index (χ1v) is 12.9. The van der Waals surface area contributed by atoms with Crippen molar-refractivity contribution in [3.8, 4) is 11.0 Å². The van der Waals surface area contributed by atoms with Crippen LogP contribution in [0.5, 0.6) is 0 Å². The van der Waals surface area contributed by atoms with Crippen molar-refractivity contribution in [1.82, 2.24) is 4.57 Å². The molecule has 0 radical (unpaired) electrons. The van der Waals surface area contributed by atoms with E-state index in [9.17, 15) is 0 Å². The Morgan fingerprint density at radius 2 is 1.28 bits per heavy atom. The lowest BCUT2D eigenvalue weighted by Crippen LogP contribution is -2.06. The number of para-hydroxylation sites is 1. The van der Waals surface area contributed by atoms with Gasteiger partial charge in [0.25, 0.3) is 0 Å². The third kappa shape index (κ3) is 2.52. The fraction of sp³-hybridized carbons (Fsp3) is 0.133. The van der Waals surface area contributed by atoms with Gasteiger partial charge in [-0.15, -0.1) is 0 Å². The monoisotopic (exact) mass is 429 g/mol. The van der Waals surface area contributed by atoms with E-state index in [1.807, 2.05) is 0 Å². The van der Waals surface area contributed by atoms with Gasteiger partial charge < -0.3 is 4.57 Å². The summed E-state index contributed by atoms with van der Waals surface area (Å²) in [5.41, 5.74) is 5.86. The summed E-state index contributed by atoms with van der Waals surface area (Å²) >= 11 is 0. The molecule has 1 unspecified atom stereocenters. The largest absolute Gasteiger partial charge is 0.312 e. The molecule has 1 aliphatic carbocycles. The number of benzene rings is 4. The predicted octanol–water partition coefficient (Wildman–Crippen LogP) is 8.79. The lowest BCUT2D eigenvalue weighted by atomic mass is 9.95. The Morgan fingerprint density at radius 1 is 0.594 bits per heavy atom. The van der Waals surface area contributed by atoms with Crippen LogP contribution in [0.25, 0.3) is 42.9 Å². The van der Waals surface area contributed by atoms with Crippen molar-refractivity contribution in [3.05, 3.63) is 108 Å². The Morgan fingerprint density at radius 3 is 2.12 bits per heavy atom. The number of nitrogens with zero attached hydrogens (tertiary/aromatic N) is 1. The molecule has 32 heavy (non-hydrogen) atoms. The second-order valence-electron chi connectivity index (χ2n) is 8.85. The maximum Gasteiger partial charge on any atom is 0.0656 e. The number of aromatic nitrogens is 1. The van der Waals surface area contributed by atoms with E-state index in [2.05, 4.69) is 102 Å². The van der Waals surface area contributed by atoms with Gasteiger partial charge in [0, 0.05) is 27.0 Å². The Labute approximate surface area is 189 Å². The zero-order valence-electron chi connectivity index (χ0n) is 18.0. The molecular formula is C30H24NP. The third-order valence-corrected chi connectivity index (χ3v) is 9.68. The molecule has 2 heteroatoms. The molecule has 4 aromatic carbocycles. The van der Waals surface area contributed by atoms with Gasteiger partial charge in [0.1, 0.15) is 0 Å². The fourth-order valence-electron chi connectivity index (χ4n) is 5.78. The van der Waals surface area contributed by atoms with Gasteiger partial charge in [-0.25, -0.2) is 0 Å². The van der Waals surface area contributed by atoms with Gasteiger partial charge in [-0.05, 0) is 59.5 Å². The van der Waals surface area contributed by atoms with E-state index in [-0.39, 0.29) is 0 Å². The summed E-state index contributed by atoms with van der Waals surface area (Å²) < 4.78 is 2.62. The van der Waals surface area contributed by atoms with E-state index >= 15 is 0 Å². The van der Waals surface area contributed by atoms with Gasteiger partial charge in [-0.1, -0.05) is 92.5 Å². The van der Waals surface area contributed by atoms with Gasteiger partial charge in [0.15, 0.2) is 0 Å². The molecule has 1 aliphatic rings. The molecule has 0 saturated heterocycles. The minimum Gasteiger partial charge on any atom is -0.312 e. The van der Waals surface area contributed by atoms with Crippen LogP contribution in [-0.2, 0) is 12.8 Å². The second-order valence-corrected chi connectivity index (χ2v) is 11.0. The molecule has 0 saturated carbocycles. The van der Waals surface area contributed by atoms with Crippen molar-refractivity contribution in [2.24, 2.45) is 0 Å². The molecule has 0 spiro atoms. The molecule has 7 rings (SSSR count). The van der Waals surface area contributed by atoms with Crippen LogP contribution in [0.4, 0.5) is 0 Å². The molecule has 6 aromatic rings. The van der Waals surface area contributed by atoms with Crippen molar-refractivity contribution in [2.45, 2.75) is 25.7 Å². The molecule has 0 bridgehead atoms. The standard InChI is InChI=1S/C30H24NP/c1-3-11-21(12-4-1)31-27-17-9-7-15-23(27)25-19-20-26-24-16-8-10-18-28(24)32(30(26)29(25)31)22-13-5-2-6-14-22/h1-6,8,10-14,16,18-20H,7,9,15,17H2. The molecule has 2 aromatic heterocycles. The number of fused-ring (bicyclic) bond motifs is 7. The quantitative estimate of drug-likeness (QED) is 0.259. The summed E-state index contributed by atoms with van der Waals surface area (Å²) in [6, 6.07) is 36.1. The molecule has 0 aliphatic heterocycles. The molecule has 0 amide bonds. The Hall–Kier alpha value is -3.28. The first-order valence-electron chi connectivity index (χ1n) is 11.6. The number of hydrogen-bond donors (Lipinski definition) is 0. The average molecular weight is 430 g/mol. The van der Waals surface area contributed by atoms with Gasteiger partial charge in [0.2, 0.25) is 0 Å². The molecule has 0 N–H and O–H groups in total. The second kappa shape index (κ2) is 7.12. The molecule has 1 atom stereocenters. The molecule has 2 heterocycles. The summed E-state index contributed by atoms with van der Waals surface area (Å²) in [5, 5.41) is 8.80.